The Morgan fingerprint density at radius 3 is 2.89 bits per heavy atom. The van der Waals surface area contributed by atoms with Gasteiger partial charge in [-0.25, -0.2) is 9.97 Å². The van der Waals surface area contributed by atoms with E-state index >= 15 is 0 Å². The molecule has 2 aromatic heterocycles. The normalized spacial score (nSPS) is 10.8. The van der Waals surface area contributed by atoms with Crippen LogP contribution >= 0.6 is 11.6 Å². The fourth-order valence-corrected chi connectivity index (χ4v) is 2.11. The van der Waals surface area contributed by atoms with Gasteiger partial charge in [0.25, 0.3) is 0 Å². The summed E-state index contributed by atoms with van der Waals surface area (Å²) in [5.41, 5.74) is 1.91. The standard InChI is InChI=1S/C13H12ClN5/c1-19-8-9(7-16-19)6-15-12-10-4-2-3-5-11(10)17-13(14)18-12/h2-5,7-8H,6H2,1H3,(H,15,17,18). The first kappa shape index (κ1) is 11.9. The molecule has 2 heterocycles. The number of nitrogens with zero attached hydrogens (tertiary/aromatic N) is 4. The highest BCUT2D eigenvalue weighted by Crippen LogP contribution is 2.22. The third-order valence-corrected chi connectivity index (χ3v) is 2.96. The van der Waals surface area contributed by atoms with Crippen LogP contribution in [0.25, 0.3) is 10.9 Å². The topological polar surface area (TPSA) is 55.6 Å². The fraction of sp³-hybridized carbons (Fsp3) is 0.154. The molecule has 0 radical (unpaired) electrons. The maximum Gasteiger partial charge on any atom is 0.224 e. The monoisotopic (exact) mass is 273 g/mol. The van der Waals surface area contributed by atoms with Crippen molar-refractivity contribution >= 4 is 28.3 Å². The first-order valence-electron chi connectivity index (χ1n) is 5.86. The molecule has 5 nitrogen and oxygen atoms in total. The minimum absolute atomic E-state index is 0.243. The van der Waals surface area contributed by atoms with E-state index in [9.17, 15) is 0 Å². The van der Waals surface area contributed by atoms with Crippen LogP contribution in [-0.4, -0.2) is 19.7 Å². The Balaban J connectivity index is 1.91. The van der Waals surface area contributed by atoms with Gasteiger partial charge in [-0.2, -0.15) is 5.10 Å². The van der Waals surface area contributed by atoms with Gasteiger partial charge in [0.2, 0.25) is 5.28 Å². The maximum absolute atomic E-state index is 5.93. The quantitative estimate of drug-likeness (QED) is 0.746. The van der Waals surface area contributed by atoms with Crippen molar-refractivity contribution < 1.29 is 0 Å². The largest absolute Gasteiger partial charge is 0.365 e. The number of para-hydroxylation sites is 1. The average Bonchev–Trinajstić information content (AvgIpc) is 2.81. The lowest BCUT2D eigenvalue weighted by Crippen LogP contribution is -2.02. The Morgan fingerprint density at radius 2 is 2.11 bits per heavy atom. The number of anilines is 1. The molecule has 0 amide bonds. The summed E-state index contributed by atoms with van der Waals surface area (Å²) in [6, 6.07) is 7.76. The molecule has 0 saturated carbocycles. The van der Waals surface area contributed by atoms with Crippen LogP contribution in [-0.2, 0) is 13.6 Å². The second kappa shape index (κ2) is 4.85. The van der Waals surface area contributed by atoms with E-state index in [1.54, 1.807) is 4.68 Å². The van der Waals surface area contributed by atoms with E-state index in [1.165, 1.54) is 0 Å². The smallest absolute Gasteiger partial charge is 0.224 e. The van der Waals surface area contributed by atoms with Crippen molar-refractivity contribution in [3.05, 3.63) is 47.5 Å². The molecular formula is C13H12ClN5. The molecule has 96 valence electrons. The van der Waals surface area contributed by atoms with Gasteiger partial charge in [-0.3, -0.25) is 4.68 Å². The van der Waals surface area contributed by atoms with Gasteiger partial charge in [-0.1, -0.05) is 12.1 Å². The zero-order valence-electron chi connectivity index (χ0n) is 10.3. The van der Waals surface area contributed by atoms with Crippen LogP contribution in [0.5, 0.6) is 0 Å². The summed E-state index contributed by atoms with van der Waals surface area (Å²) >= 11 is 5.93. The fourth-order valence-electron chi connectivity index (χ4n) is 1.93. The predicted molar refractivity (Wildman–Crippen MR) is 75.1 cm³/mol. The number of aromatic nitrogens is 4. The summed E-state index contributed by atoms with van der Waals surface area (Å²) in [5.74, 6) is 0.736. The van der Waals surface area contributed by atoms with E-state index in [0.29, 0.717) is 6.54 Å². The summed E-state index contributed by atoms with van der Waals surface area (Å²) < 4.78 is 1.77. The minimum atomic E-state index is 0.243. The van der Waals surface area contributed by atoms with Crippen LogP contribution in [0, 0.1) is 0 Å². The lowest BCUT2D eigenvalue weighted by molar-refractivity contribution is 0.767. The number of benzene rings is 1. The van der Waals surface area contributed by atoms with Crippen LogP contribution < -0.4 is 5.32 Å². The Morgan fingerprint density at radius 1 is 1.26 bits per heavy atom. The summed E-state index contributed by atoms with van der Waals surface area (Å²) in [5, 5.41) is 8.59. The van der Waals surface area contributed by atoms with Gasteiger partial charge in [0, 0.05) is 30.7 Å². The van der Waals surface area contributed by atoms with Crippen LogP contribution in [0.4, 0.5) is 5.82 Å². The molecule has 1 N–H and O–H groups in total. The third kappa shape index (κ3) is 2.51. The maximum atomic E-state index is 5.93. The van der Waals surface area contributed by atoms with Gasteiger partial charge in [-0.15, -0.1) is 0 Å². The summed E-state index contributed by atoms with van der Waals surface area (Å²) in [4.78, 5) is 8.43. The van der Waals surface area contributed by atoms with Gasteiger partial charge in [0.1, 0.15) is 5.82 Å². The van der Waals surface area contributed by atoms with Crippen molar-refractivity contribution in [1.82, 2.24) is 19.7 Å². The minimum Gasteiger partial charge on any atom is -0.365 e. The van der Waals surface area contributed by atoms with Crippen molar-refractivity contribution in [3.63, 3.8) is 0 Å². The first-order chi connectivity index (χ1) is 9.22. The van der Waals surface area contributed by atoms with Crippen molar-refractivity contribution in [2.75, 3.05) is 5.32 Å². The van der Waals surface area contributed by atoms with Crippen molar-refractivity contribution in [2.45, 2.75) is 6.54 Å². The van der Waals surface area contributed by atoms with Gasteiger partial charge >= 0.3 is 0 Å². The van der Waals surface area contributed by atoms with Crippen LogP contribution in [0.1, 0.15) is 5.56 Å². The SMILES string of the molecule is Cn1cc(CNc2nc(Cl)nc3ccccc23)cn1. The molecule has 0 aliphatic heterocycles. The van der Waals surface area contributed by atoms with E-state index in [2.05, 4.69) is 20.4 Å². The molecule has 3 aromatic rings. The molecule has 0 aliphatic carbocycles. The lowest BCUT2D eigenvalue weighted by atomic mass is 10.2. The number of hydrogen-bond donors (Lipinski definition) is 1. The number of fused-ring (bicyclic) bond motifs is 1. The highest BCUT2D eigenvalue weighted by Gasteiger charge is 2.06. The molecule has 0 unspecified atom stereocenters. The average molecular weight is 274 g/mol. The van der Waals surface area contributed by atoms with Gasteiger partial charge in [0.15, 0.2) is 0 Å². The Hall–Kier alpha value is -2.14. The predicted octanol–water partition coefficient (Wildman–Crippen LogP) is 2.63. The molecule has 0 atom stereocenters. The van der Waals surface area contributed by atoms with Gasteiger partial charge in [-0.05, 0) is 23.7 Å². The molecular weight excluding hydrogens is 262 g/mol. The second-order valence-electron chi connectivity index (χ2n) is 4.23. The van der Waals surface area contributed by atoms with Crippen LogP contribution in [0.2, 0.25) is 5.28 Å². The number of aryl methyl sites for hydroxylation is 1. The van der Waals surface area contributed by atoms with Crippen molar-refractivity contribution in [1.29, 1.82) is 0 Å². The summed E-state index contributed by atoms with van der Waals surface area (Å²) in [6.07, 6.45) is 3.77. The number of nitrogens with one attached hydrogen (secondary N) is 1. The van der Waals surface area contributed by atoms with E-state index in [-0.39, 0.29) is 5.28 Å². The van der Waals surface area contributed by atoms with Crippen LogP contribution in [0.15, 0.2) is 36.7 Å². The Kier molecular flexibility index (Phi) is 3.05. The molecule has 19 heavy (non-hydrogen) atoms. The number of halogens is 1. The van der Waals surface area contributed by atoms with Gasteiger partial charge < -0.3 is 5.32 Å². The summed E-state index contributed by atoms with van der Waals surface area (Å²) in [6.45, 7) is 0.644. The van der Waals surface area contributed by atoms with E-state index in [4.69, 9.17) is 11.6 Å². The summed E-state index contributed by atoms with van der Waals surface area (Å²) in [7, 11) is 1.89. The zero-order chi connectivity index (χ0) is 13.2. The Bertz CT molecular complexity index is 722. The van der Waals surface area contributed by atoms with Crippen molar-refractivity contribution in [3.8, 4) is 0 Å². The number of rotatable bonds is 3. The molecule has 3 rings (SSSR count). The molecule has 6 heteroatoms. The Labute approximate surface area is 115 Å². The molecule has 0 aliphatic rings. The molecule has 0 fully saturated rings. The van der Waals surface area contributed by atoms with E-state index < -0.39 is 0 Å². The molecule has 0 spiro atoms. The van der Waals surface area contributed by atoms with E-state index in [0.717, 1.165) is 22.3 Å². The lowest BCUT2D eigenvalue weighted by Gasteiger charge is -2.07. The van der Waals surface area contributed by atoms with E-state index in [1.807, 2.05) is 43.7 Å². The third-order valence-electron chi connectivity index (χ3n) is 2.79. The van der Waals surface area contributed by atoms with Gasteiger partial charge in [0.05, 0.1) is 11.7 Å². The highest BCUT2D eigenvalue weighted by molar-refractivity contribution is 6.28. The number of hydrogen-bond acceptors (Lipinski definition) is 4. The molecule has 0 saturated heterocycles. The molecule has 1 aromatic carbocycles. The van der Waals surface area contributed by atoms with Crippen LogP contribution in [0.3, 0.4) is 0 Å². The van der Waals surface area contributed by atoms with Crippen molar-refractivity contribution in [2.24, 2.45) is 7.05 Å². The molecule has 0 bridgehead atoms. The zero-order valence-corrected chi connectivity index (χ0v) is 11.1. The second-order valence-corrected chi connectivity index (χ2v) is 4.57. The highest BCUT2D eigenvalue weighted by atomic mass is 35.5. The first-order valence-corrected chi connectivity index (χ1v) is 6.24.